The molecule has 2 aromatic heterocycles. The number of halogens is 1. The number of aromatic amines is 1. The summed E-state index contributed by atoms with van der Waals surface area (Å²) in [5.41, 5.74) is 5.30. The van der Waals surface area contributed by atoms with Gasteiger partial charge in [0.15, 0.2) is 0 Å². The highest BCUT2D eigenvalue weighted by Crippen LogP contribution is 2.45. The Bertz CT molecular complexity index is 1230. The number of hydrogen-bond donors (Lipinski definition) is 1. The highest BCUT2D eigenvalue weighted by molar-refractivity contribution is 6.05. The number of hydrogen-bond acceptors (Lipinski definition) is 3. The molecule has 1 aliphatic carbocycles. The molecule has 0 amide bonds. The van der Waals surface area contributed by atoms with Crippen molar-refractivity contribution in [2.75, 3.05) is 7.11 Å². The molecule has 0 spiro atoms. The van der Waals surface area contributed by atoms with Gasteiger partial charge in [0.2, 0.25) is 11.8 Å². The number of allylic oxidation sites excluding steroid dienone is 1. The van der Waals surface area contributed by atoms with Crippen molar-refractivity contribution in [2.24, 2.45) is 5.92 Å². The Balaban J connectivity index is 1.87. The zero-order chi connectivity index (χ0) is 20.5. The van der Waals surface area contributed by atoms with Gasteiger partial charge in [-0.2, -0.15) is 4.39 Å². The summed E-state index contributed by atoms with van der Waals surface area (Å²) in [6.45, 7) is 0. The molecule has 0 unspecified atom stereocenters. The smallest absolute Gasteiger partial charge is 0.240 e. The lowest BCUT2D eigenvalue weighted by Crippen LogP contribution is -2.16. The topological polar surface area (TPSA) is 50.8 Å². The second kappa shape index (κ2) is 7.75. The largest absolute Gasteiger partial charge is 0.481 e. The van der Waals surface area contributed by atoms with E-state index in [4.69, 9.17) is 9.72 Å². The van der Waals surface area contributed by atoms with Crippen molar-refractivity contribution in [1.29, 1.82) is 0 Å². The van der Waals surface area contributed by atoms with Crippen molar-refractivity contribution in [1.82, 2.24) is 15.2 Å². The number of H-pyrrole nitrogens is 1. The predicted molar refractivity (Wildman–Crippen MR) is 115 cm³/mol. The molecule has 0 aliphatic heterocycles. The van der Waals surface area contributed by atoms with Crippen LogP contribution in [0.3, 0.4) is 0 Å². The van der Waals surface area contributed by atoms with Gasteiger partial charge in [0.25, 0.3) is 0 Å². The van der Waals surface area contributed by atoms with E-state index >= 15 is 0 Å². The van der Waals surface area contributed by atoms with E-state index < -0.39 is 5.95 Å². The maximum atomic E-state index is 14.8. The Kier molecular flexibility index (Phi) is 4.79. The first-order valence-corrected chi connectivity index (χ1v) is 10.1. The van der Waals surface area contributed by atoms with E-state index in [1.807, 2.05) is 60.7 Å². The van der Waals surface area contributed by atoms with E-state index in [1.54, 1.807) is 7.11 Å². The van der Waals surface area contributed by atoms with Crippen LogP contribution in [-0.4, -0.2) is 22.3 Å². The van der Waals surface area contributed by atoms with Crippen LogP contribution in [0.4, 0.5) is 4.39 Å². The fraction of sp³-hybridized carbons (Fsp3) is 0.200. The SMILES string of the molecule is COc1cccc(/C(=C(\c2[c]cccc2)c2cccc3[nH]nc(F)c23)C2CCC2)n1. The van der Waals surface area contributed by atoms with Gasteiger partial charge in [-0.25, -0.2) is 4.98 Å². The molecular formula is C25H21FN3O. The van der Waals surface area contributed by atoms with Crippen LogP contribution >= 0.6 is 0 Å². The second-order valence-electron chi connectivity index (χ2n) is 7.50. The summed E-state index contributed by atoms with van der Waals surface area (Å²) in [5.74, 6) is 0.410. The Morgan fingerprint density at radius 2 is 1.97 bits per heavy atom. The molecule has 30 heavy (non-hydrogen) atoms. The van der Waals surface area contributed by atoms with E-state index in [0.717, 1.165) is 40.8 Å². The van der Waals surface area contributed by atoms with Crippen LogP contribution in [0.25, 0.3) is 22.0 Å². The van der Waals surface area contributed by atoms with Crippen LogP contribution in [-0.2, 0) is 0 Å². The van der Waals surface area contributed by atoms with Gasteiger partial charge in [0.05, 0.1) is 23.7 Å². The number of nitrogens with one attached hydrogen (secondary N) is 1. The number of ether oxygens (including phenoxy) is 1. The summed E-state index contributed by atoms with van der Waals surface area (Å²) in [6.07, 6.45) is 3.33. The molecule has 0 bridgehead atoms. The van der Waals surface area contributed by atoms with E-state index in [9.17, 15) is 4.39 Å². The minimum Gasteiger partial charge on any atom is -0.481 e. The van der Waals surface area contributed by atoms with E-state index in [-0.39, 0.29) is 0 Å². The average Bonchev–Trinajstić information content (AvgIpc) is 3.14. The molecule has 4 aromatic rings. The molecule has 0 saturated heterocycles. The normalized spacial score (nSPS) is 15.0. The zero-order valence-electron chi connectivity index (χ0n) is 16.7. The van der Waals surface area contributed by atoms with Crippen LogP contribution in [0.2, 0.25) is 0 Å². The Morgan fingerprint density at radius 1 is 1.10 bits per heavy atom. The molecule has 5 rings (SSSR count). The number of pyridine rings is 1. The maximum absolute atomic E-state index is 14.8. The first-order chi connectivity index (χ1) is 14.8. The first-order valence-electron chi connectivity index (χ1n) is 10.1. The van der Waals surface area contributed by atoms with Crippen LogP contribution in [0, 0.1) is 17.9 Å². The van der Waals surface area contributed by atoms with Gasteiger partial charge >= 0.3 is 0 Å². The highest BCUT2D eigenvalue weighted by atomic mass is 19.1. The van der Waals surface area contributed by atoms with Crippen molar-refractivity contribution in [3.63, 3.8) is 0 Å². The number of fused-ring (bicyclic) bond motifs is 1. The molecule has 149 valence electrons. The van der Waals surface area contributed by atoms with Crippen molar-refractivity contribution >= 4 is 22.0 Å². The van der Waals surface area contributed by atoms with Gasteiger partial charge in [0.1, 0.15) is 0 Å². The quantitative estimate of drug-likeness (QED) is 0.472. The molecular weight excluding hydrogens is 377 g/mol. The third-order valence-corrected chi connectivity index (χ3v) is 5.78. The number of benzene rings is 2. The average molecular weight is 398 g/mol. The van der Waals surface area contributed by atoms with Crippen LogP contribution in [0.5, 0.6) is 5.88 Å². The van der Waals surface area contributed by atoms with E-state index in [0.29, 0.717) is 22.7 Å². The van der Waals surface area contributed by atoms with E-state index in [2.05, 4.69) is 16.3 Å². The van der Waals surface area contributed by atoms with Gasteiger partial charge in [0, 0.05) is 6.07 Å². The van der Waals surface area contributed by atoms with Gasteiger partial charge < -0.3 is 4.74 Å². The predicted octanol–water partition coefficient (Wildman–Crippen LogP) is 5.66. The summed E-state index contributed by atoms with van der Waals surface area (Å²) >= 11 is 0. The van der Waals surface area contributed by atoms with E-state index in [1.165, 1.54) is 6.42 Å². The van der Waals surface area contributed by atoms with Crippen molar-refractivity contribution < 1.29 is 9.13 Å². The Morgan fingerprint density at radius 3 is 2.70 bits per heavy atom. The minimum absolute atomic E-state index is 0.346. The third-order valence-electron chi connectivity index (χ3n) is 5.78. The zero-order valence-corrected chi connectivity index (χ0v) is 16.7. The summed E-state index contributed by atoms with van der Waals surface area (Å²) in [5, 5.41) is 7.10. The van der Waals surface area contributed by atoms with Gasteiger partial charge in [-0.05, 0) is 59.2 Å². The molecule has 1 N–H and O–H groups in total. The van der Waals surface area contributed by atoms with Crippen molar-refractivity contribution in [2.45, 2.75) is 19.3 Å². The molecule has 5 heteroatoms. The maximum Gasteiger partial charge on any atom is 0.240 e. The standard InChI is InChI=1S/C25H21FN3O/c1-30-21-15-7-13-19(27-21)23(17-10-5-11-17)22(16-8-3-2-4-9-16)18-12-6-14-20-24(18)25(26)29-28-20/h2-4,6-8,12-15,17H,5,10-11H2,1H3,(H,28,29)/b23-22+. The summed E-state index contributed by atoms with van der Waals surface area (Å²) in [6, 6.07) is 22.7. The van der Waals surface area contributed by atoms with Crippen molar-refractivity contribution in [3.05, 3.63) is 89.5 Å². The lowest BCUT2D eigenvalue weighted by Gasteiger charge is -2.31. The third kappa shape index (κ3) is 3.16. The number of aromatic nitrogens is 3. The van der Waals surface area contributed by atoms with Crippen LogP contribution < -0.4 is 4.74 Å². The molecule has 2 aromatic carbocycles. The molecule has 1 saturated carbocycles. The van der Waals surface area contributed by atoms with Gasteiger partial charge in [-0.3, -0.25) is 5.10 Å². The van der Waals surface area contributed by atoms with Crippen LogP contribution in [0.1, 0.15) is 36.1 Å². The van der Waals surface area contributed by atoms with Crippen LogP contribution in [0.15, 0.2) is 60.7 Å². The Labute approximate surface area is 174 Å². The van der Waals surface area contributed by atoms with Gasteiger partial charge in [-0.1, -0.05) is 48.9 Å². The number of methoxy groups -OCH3 is 1. The van der Waals surface area contributed by atoms with Gasteiger partial charge in [-0.15, -0.1) is 5.10 Å². The lowest BCUT2D eigenvalue weighted by molar-refractivity contribution is 0.391. The summed E-state index contributed by atoms with van der Waals surface area (Å²) < 4.78 is 20.1. The second-order valence-corrected chi connectivity index (χ2v) is 7.50. The molecule has 1 radical (unpaired) electrons. The first kappa shape index (κ1) is 18.6. The fourth-order valence-corrected chi connectivity index (χ4v) is 4.14. The molecule has 1 fully saturated rings. The molecule has 2 heterocycles. The minimum atomic E-state index is -0.499. The molecule has 4 nitrogen and oxygen atoms in total. The highest BCUT2D eigenvalue weighted by Gasteiger charge is 2.29. The molecule has 0 atom stereocenters. The number of rotatable bonds is 5. The summed E-state index contributed by atoms with van der Waals surface area (Å²) in [7, 11) is 1.62. The molecule has 1 aliphatic rings. The lowest BCUT2D eigenvalue weighted by atomic mass is 9.74. The summed E-state index contributed by atoms with van der Waals surface area (Å²) in [4.78, 5) is 4.75. The monoisotopic (exact) mass is 398 g/mol. The van der Waals surface area contributed by atoms with Crippen molar-refractivity contribution in [3.8, 4) is 5.88 Å². The Hall–Kier alpha value is -3.47. The fourth-order valence-electron chi connectivity index (χ4n) is 4.14. The number of nitrogens with zero attached hydrogens (tertiary/aromatic N) is 2.